The van der Waals surface area contributed by atoms with Crippen molar-refractivity contribution in [3.05, 3.63) is 39.8 Å². The highest BCUT2D eigenvalue weighted by molar-refractivity contribution is 9.10. The van der Waals surface area contributed by atoms with Crippen LogP contribution in [0.4, 0.5) is 11.5 Å². The van der Waals surface area contributed by atoms with Gasteiger partial charge in [0.05, 0.1) is 0 Å². The van der Waals surface area contributed by atoms with Crippen molar-refractivity contribution in [1.29, 1.82) is 0 Å². The number of nitrogen functional groups attached to an aromatic ring is 1. The third kappa shape index (κ3) is 2.52. The summed E-state index contributed by atoms with van der Waals surface area (Å²) in [4.78, 5) is 4.59. The fourth-order valence-electron chi connectivity index (χ4n) is 1.96. The summed E-state index contributed by atoms with van der Waals surface area (Å²) in [5.41, 5.74) is 7.14. The van der Waals surface area contributed by atoms with Crippen molar-refractivity contribution in [2.24, 2.45) is 0 Å². The minimum absolute atomic E-state index is 0.0109. The fourth-order valence-corrected chi connectivity index (χ4v) is 4.25. The van der Waals surface area contributed by atoms with Crippen LogP contribution in [0, 0.1) is 6.92 Å². The molecule has 2 aromatic heterocycles. The van der Waals surface area contributed by atoms with Gasteiger partial charge >= 0.3 is 0 Å². The normalized spacial score (nSPS) is 11.9. The smallest absolute Gasteiger partial charge is 0.281 e. The lowest BCUT2D eigenvalue weighted by Crippen LogP contribution is -2.16. The van der Waals surface area contributed by atoms with E-state index in [-0.39, 0.29) is 10.8 Å². The quantitative estimate of drug-likeness (QED) is 0.723. The number of nitrogens with one attached hydrogen (secondary N) is 1. The maximum Gasteiger partial charge on any atom is 0.281 e. The molecule has 3 N–H and O–H groups in total. The van der Waals surface area contributed by atoms with Gasteiger partial charge in [0.15, 0.2) is 10.8 Å². The molecule has 0 unspecified atom stereocenters. The largest absolute Gasteiger partial charge is 0.381 e. The first-order chi connectivity index (χ1) is 9.88. The average Bonchev–Trinajstić information content (AvgIpc) is 2.92. The van der Waals surface area contributed by atoms with E-state index in [1.54, 1.807) is 29.8 Å². The minimum Gasteiger partial charge on any atom is -0.381 e. The number of imidazole rings is 1. The molecule has 21 heavy (non-hydrogen) atoms. The van der Waals surface area contributed by atoms with E-state index in [4.69, 9.17) is 5.73 Å². The Labute approximate surface area is 133 Å². The second-order valence-corrected chi connectivity index (χ2v) is 7.75. The number of benzene rings is 1. The van der Waals surface area contributed by atoms with Gasteiger partial charge < -0.3 is 5.73 Å². The van der Waals surface area contributed by atoms with Crippen LogP contribution in [-0.4, -0.2) is 17.8 Å². The number of aromatic nitrogens is 2. The Balaban J connectivity index is 2.06. The first kappa shape index (κ1) is 14.4. The number of fused-ring (bicyclic) bond motifs is 1. The number of hydrogen-bond acceptors (Lipinski definition) is 5. The maximum absolute atomic E-state index is 12.5. The van der Waals surface area contributed by atoms with Crippen LogP contribution in [-0.2, 0) is 10.0 Å². The van der Waals surface area contributed by atoms with Gasteiger partial charge in [-0.25, -0.2) is 4.98 Å². The first-order valence-corrected chi connectivity index (χ1v) is 9.04. The van der Waals surface area contributed by atoms with Crippen molar-refractivity contribution < 1.29 is 8.42 Å². The van der Waals surface area contributed by atoms with E-state index in [9.17, 15) is 8.42 Å². The summed E-state index contributed by atoms with van der Waals surface area (Å²) < 4.78 is 30.0. The topological polar surface area (TPSA) is 89.5 Å². The second kappa shape index (κ2) is 5.00. The third-order valence-corrected chi connectivity index (χ3v) is 5.97. The summed E-state index contributed by atoms with van der Waals surface area (Å²) in [7, 11) is -3.81. The molecule has 0 atom stereocenters. The van der Waals surface area contributed by atoms with Gasteiger partial charge in [-0.2, -0.15) is 8.42 Å². The van der Waals surface area contributed by atoms with Crippen molar-refractivity contribution in [1.82, 2.24) is 9.38 Å². The molecule has 2 heterocycles. The zero-order valence-electron chi connectivity index (χ0n) is 10.9. The number of thiazole rings is 1. The van der Waals surface area contributed by atoms with Crippen molar-refractivity contribution in [3.8, 4) is 0 Å². The van der Waals surface area contributed by atoms with Crippen LogP contribution in [0.3, 0.4) is 0 Å². The van der Waals surface area contributed by atoms with Gasteiger partial charge in [-0.15, -0.1) is 11.3 Å². The molecule has 0 aliphatic carbocycles. The van der Waals surface area contributed by atoms with Crippen LogP contribution in [0.1, 0.15) is 5.56 Å². The highest BCUT2D eigenvalue weighted by Gasteiger charge is 2.24. The lowest BCUT2D eigenvalue weighted by atomic mass is 10.2. The zero-order valence-corrected chi connectivity index (χ0v) is 14.1. The number of nitrogens with two attached hydrogens (primary N) is 1. The third-order valence-electron chi connectivity index (χ3n) is 2.91. The number of halogens is 1. The summed E-state index contributed by atoms with van der Waals surface area (Å²) in [6.45, 7) is 1.88. The van der Waals surface area contributed by atoms with E-state index < -0.39 is 10.0 Å². The molecule has 0 amide bonds. The highest BCUT2D eigenvalue weighted by Crippen LogP contribution is 2.26. The maximum atomic E-state index is 12.5. The molecular formula is C12H11BrN4O2S2. The molecular weight excluding hydrogens is 376 g/mol. The molecule has 1 aromatic carbocycles. The number of sulfonamides is 1. The molecule has 0 aliphatic rings. The van der Waals surface area contributed by atoms with Gasteiger partial charge in [0.25, 0.3) is 10.0 Å². The van der Waals surface area contributed by atoms with Crippen LogP contribution >= 0.6 is 27.3 Å². The first-order valence-electron chi connectivity index (χ1n) is 5.88. The Hall–Kier alpha value is -1.58. The summed E-state index contributed by atoms with van der Waals surface area (Å²) >= 11 is 4.70. The number of rotatable bonds is 3. The lowest BCUT2D eigenvalue weighted by Gasteiger charge is -2.09. The van der Waals surface area contributed by atoms with Gasteiger partial charge in [-0.05, 0) is 30.7 Å². The Morgan fingerprint density at radius 2 is 2.19 bits per heavy atom. The Kier molecular flexibility index (Phi) is 3.42. The Bertz CT molecular complexity index is 930. The van der Waals surface area contributed by atoms with Gasteiger partial charge in [-0.1, -0.05) is 15.9 Å². The highest BCUT2D eigenvalue weighted by atomic mass is 79.9. The van der Waals surface area contributed by atoms with E-state index >= 15 is 0 Å². The molecule has 0 saturated carbocycles. The molecule has 3 aromatic rings. The van der Waals surface area contributed by atoms with Crippen molar-refractivity contribution in [2.75, 3.05) is 10.5 Å². The second-order valence-electron chi connectivity index (χ2n) is 4.43. The predicted molar refractivity (Wildman–Crippen MR) is 87.2 cm³/mol. The molecule has 0 aliphatic heterocycles. The van der Waals surface area contributed by atoms with Crippen LogP contribution in [0.25, 0.3) is 4.96 Å². The zero-order chi connectivity index (χ0) is 15.2. The van der Waals surface area contributed by atoms with E-state index in [2.05, 4.69) is 25.6 Å². The summed E-state index contributed by atoms with van der Waals surface area (Å²) in [6, 6.07) is 5.20. The molecule has 3 rings (SSSR count). The summed E-state index contributed by atoms with van der Waals surface area (Å²) in [5, 5.41) is 1.71. The van der Waals surface area contributed by atoms with Crippen molar-refractivity contribution in [2.45, 2.75) is 11.9 Å². The summed E-state index contributed by atoms with van der Waals surface area (Å²) in [6.07, 6.45) is 1.63. The number of hydrogen-bond donors (Lipinski definition) is 2. The van der Waals surface area contributed by atoms with Gasteiger partial charge in [0, 0.05) is 21.7 Å². The van der Waals surface area contributed by atoms with E-state index in [0.717, 1.165) is 10.0 Å². The van der Waals surface area contributed by atoms with Crippen molar-refractivity contribution >= 4 is 53.8 Å². The van der Waals surface area contributed by atoms with Gasteiger partial charge in [0.2, 0.25) is 5.03 Å². The molecule has 0 spiro atoms. The summed E-state index contributed by atoms with van der Waals surface area (Å²) in [5.74, 6) is -0.0109. The fraction of sp³-hybridized carbons (Fsp3) is 0.0833. The molecule has 0 radical (unpaired) electrons. The lowest BCUT2D eigenvalue weighted by molar-refractivity contribution is 0.597. The SMILES string of the molecule is Cc1cc(NS(=O)(=O)c2c(N)nc3sccn23)ccc1Br. The Morgan fingerprint density at radius 3 is 2.90 bits per heavy atom. The standard InChI is InChI=1S/C12H11BrN4O2S2/c1-7-6-8(2-3-9(7)13)16-21(18,19)11-10(14)15-12-17(11)4-5-20-12/h2-6,16H,14H2,1H3. The monoisotopic (exact) mass is 386 g/mol. The molecule has 9 heteroatoms. The van der Waals surface area contributed by atoms with Crippen LogP contribution in [0.2, 0.25) is 0 Å². The molecule has 0 fully saturated rings. The Morgan fingerprint density at radius 1 is 1.43 bits per heavy atom. The van der Waals surface area contributed by atoms with Crippen molar-refractivity contribution in [3.63, 3.8) is 0 Å². The van der Waals surface area contributed by atoms with E-state index in [1.807, 2.05) is 6.92 Å². The number of anilines is 2. The van der Waals surface area contributed by atoms with Gasteiger partial charge in [0.1, 0.15) is 0 Å². The van der Waals surface area contributed by atoms with Crippen LogP contribution in [0.5, 0.6) is 0 Å². The molecule has 6 nitrogen and oxygen atoms in total. The average molecular weight is 387 g/mol. The van der Waals surface area contributed by atoms with E-state index in [1.165, 1.54) is 15.7 Å². The van der Waals surface area contributed by atoms with Gasteiger partial charge in [-0.3, -0.25) is 9.12 Å². The number of aryl methyl sites for hydroxylation is 1. The molecule has 0 saturated heterocycles. The number of nitrogens with zero attached hydrogens (tertiary/aromatic N) is 2. The minimum atomic E-state index is -3.81. The molecule has 0 bridgehead atoms. The van der Waals surface area contributed by atoms with E-state index in [0.29, 0.717) is 10.6 Å². The molecule has 110 valence electrons. The van der Waals surface area contributed by atoms with Crippen LogP contribution < -0.4 is 10.5 Å². The predicted octanol–water partition coefficient (Wildman–Crippen LogP) is 2.85. The van der Waals surface area contributed by atoms with Crippen LogP contribution in [0.15, 0.2) is 39.3 Å².